The van der Waals surface area contributed by atoms with Crippen molar-refractivity contribution in [3.05, 3.63) is 29.8 Å². The van der Waals surface area contributed by atoms with E-state index >= 15 is 0 Å². The molecule has 0 spiro atoms. The van der Waals surface area contributed by atoms with Crippen molar-refractivity contribution in [1.82, 2.24) is 4.90 Å². The van der Waals surface area contributed by atoms with Gasteiger partial charge in [0.2, 0.25) is 17.9 Å². The molecule has 2 amide bonds. The SMILES string of the molecule is CN1C(=O)CN(c2cccc(CN=C=O)c2)CC1=O. The molecule has 19 heavy (non-hydrogen) atoms. The lowest BCUT2D eigenvalue weighted by molar-refractivity contribution is -0.143. The van der Waals surface area contributed by atoms with E-state index in [9.17, 15) is 14.4 Å². The minimum atomic E-state index is -0.229. The van der Waals surface area contributed by atoms with Gasteiger partial charge in [0, 0.05) is 12.7 Å². The summed E-state index contributed by atoms with van der Waals surface area (Å²) in [7, 11) is 1.48. The van der Waals surface area contributed by atoms with Gasteiger partial charge in [-0.05, 0) is 17.7 Å². The largest absolute Gasteiger partial charge is 0.353 e. The van der Waals surface area contributed by atoms with Crippen LogP contribution in [-0.4, -0.2) is 42.9 Å². The molecule has 1 saturated heterocycles. The minimum Gasteiger partial charge on any atom is -0.353 e. The Morgan fingerprint density at radius 1 is 1.26 bits per heavy atom. The number of aliphatic imine (C=N–C) groups is 1. The highest BCUT2D eigenvalue weighted by atomic mass is 16.2. The Balaban J connectivity index is 2.20. The highest BCUT2D eigenvalue weighted by Crippen LogP contribution is 2.19. The first-order valence-electron chi connectivity index (χ1n) is 5.78. The first kappa shape index (κ1) is 13.0. The number of piperazine rings is 1. The number of likely N-dealkylation sites (N-methyl/N-ethyl adjacent to an activating group) is 1. The van der Waals surface area contributed by atoms with Crippen LogP contribution in [0.25, 0.3) is 0 Å². The molecule has 0 atom stereocenters. The number of carbonyl (C=O) groups excluding carboxylic acids is 3. The molecule has 2 rings (SSSR count). The van der Waals surface area contributed by atoms with E-state index in [1.54, 1.807) is 11.0 Å². The van der Waals surface area contributed by atoms with Crippen LogP contribution in [0.4, 0.5) is 5.69 Å². The third kappa shape index (κ3) is 2.86. The average Bonchev–Trinajstić information content (AvgIpc) is 2.42. The number of carbonyl (C=O) groups is 2. The van der Waals surface area contributed by atoms with Gasteiger partial charge in [0.25, 0.3) is 0 Å². The Bertz CT molecular complexity index is 546. The van der Waals surface area contributed by atoms with Crippen molar-refractivity contribution >= 4 is 23.6 Å². The zero-order chi connectivity index (χ0) is 13.8. The van der Waals surface area contributed by atoms with Crippen LogP contribution in [-0.2, 0) is 20.9 Å². The maximum absolute atomic E-state index is 11.6. The number of rotatable bonds is 3. The predicted octanol–water partition coefficient (Wildman–Crippen LogP) is 0.327. The number of benzene rings is 1. The molecule has 1 fully saturated rings. The number of hydrogen-bond acceptors (Lipinski definition) is 5. The molecule has 6 nitrogen and oxygen atoms in total. The summed E-state index contributed by atoms with van der Waals surface area (Å²) in [5, 5.41) is 0. The van der Waals surface area contributed by atoms with E-state index in [1.165, 1.54) is 13.1 Å². The molecule has 1 aliphatic rings. The fraction of sp³-hybridized carbons (Fsp3) is 0.308. The zero-order valence-corrected chi connectivity index (χ0v) is 10.5. The van der Waals surface area contributed by atoms with Gasteiger partial charge >= 0.3 is 0 Å². The number of amides is 2. The number of isocyanates is 1. The van der Waals surface area contributed by atoms with Crippen LogP contribution in [0.1, 0.15) is 5.56 Å². The van der Waals surface area contributed by atoms with Gasteiger partial charge in [-0.25, -0.2) is 9.79 Å². The van der Waals surface area contributed by atoms with Crippen molar-refractivity contribution in [1.29, 1.82) is 0 Å². The Labute approximate surface area is 110 Å². The minimum absolute atomic E-state index is 0.169. The molecule has 1 aliphatic heterocycles. The molecule has 0 unspecified atom stereocenters. The monoisotopic (exact) mass is 259 g/mol. The lowest BCUT2D eigenvalue weighted by Crippen LogP contribution is -2.52. The van der Waals surface area contributed by atoms with Crippen LogP contribution >= 0.6 is 0 Å². The molecule has 1 aromatic rings. The second kappa shape index (κ2) is 5.46. The number of anilines is 1. The maximum atomic E-state index is 11.6. The van der Waals surface area contributed by atoms with Crippen molar-refractivity contribution < 1.29 is 14.4 Å². The fourth-order valence-electron chi connectivity index (χ4n) is 1.89. The van der Waals surface area contributed by atoms with E-state index in [0.717, 1.165) is 16.2 Å². The molecule has 1 aromatic carbocycles. The topological polar surface area (TPSA) is 70.1 Å². The average molecular weight is 259 g/mol. The van der Waals surface area contributed by atoms with E-state index in [2.05, 4.69) is 4.99 Å². The first-order valence-corrected chi connectivity index (χ1v) is 5.78. The van der Waals surface area contributed by atoms with Crippen LogP contribution in [0, 0.1) is 0 Å². The maximum Gasteiger partial charge on any atom is 0.248 e. The second-order valence-corrected chi connectivity index (χ2v) is 4.28. The number of imide groups is 1. The third-order valence-electron chi connectivity index (χ3n) is 3.00. The van der Waals surface area contributed by atoms with E-state index in [4.69, 9.17) is 0 Å². The van der Waals surface area contributed by atoms with Crippen LogP contribution in [0.5, 0.6) is 0 Å². The van der Waals surface area contributed by atoms with Gasteiger partial charge in [0.05, 0.1) is 19.6 Å². The highest BCUT2D eigenvalue weighted by Gasteiger charge is 2.28. The van der Waals surface area contributed by atoms with Gasteiger partial charge < -0.3 is 4.90 Å². The molecule has 0 aliphatic carbocycles. The molecular formula is C13H13N3O3. The van der Waals surface area contributed by atoms with Crippen molar-refractivity contribution in [2.45, 2.75) is 6.54 Å². The summed E-state index contributed by atoms with van der Waals surface area (Å²) in [6, 6.07) is 7.26. The van der Waals surface area contributed by atoms with Crippen molar-refractivity contribution in [3.63, 3.8) is 0 Å². The predicted molar refractivity (Wildman–Crippen MR) is 68.3 cm³/mol. The van der Waals surface area contributed by atoms with Gasteiger partial charge in [-0.2, -0.15) is 0 Å². The number of nitrogens with zero attached hydrogens (tertiary/aromatic N) is 3. The van der Waals surface area contributed by atoms with Gasteiger partial charge in [-0.1, -0.05) is 12.1 Å². The summed E-state index contributed by atoms with van der Waals surface area (Å²) in [5.41, 5.74) is 1.60. The van der Waals surface area contributed by atoms with Crippen LogP contribution in [0.2, 0.25) is 0 Å². The normalized spacial score (nSPS) is 15.4. The molecule has 98 valence electrons. The van der Waals surface area contributed by atoms with Crippen molar-refractivity contribution in [3.8, 4) is 0 Å². The lowest BCUT2D eigenvalue weighted by atomic mass is 10.1. The second-order valence-electron chi connectivity index (χ2n) is 4.28. The molecule has 0 N–H and O–H groups in total. The van der Waals surface area contributed by atoms with Gasteiger partial charge in [0.15, 0.2) is 0 Å². The van der Waals surface area contributed by atoms with Gasteiger partial charge in [-0.15, -0.1) is 0 Å². The molecule has 0 radical (unpaired) electrons. The van der Waals surface area contributed by atoms with Crippen molar-refractivity contribution in [2.75, 3.05) is 25.0 Å². The Hall–Kier alpha value is -2.46. The third-order valence-corrected chi connectivity index (χ3v) is 3.00. The molecule has 6 heteroatoms. The van der Waals surface area contributed by atoms with Crippen LogP contribution < -0.4 is 4.90 Å². The summed E-state index contributed by atoms with van der Waals surface area (Å²) < 4.78 is 0. The molecule has 0 bridgehead atoms. The van der Waals surface area contributed by atoms with Gasteiger partial charge in [0.1, 0.15) is 0 Å². The summed E-state index contributed by atoms with van der Waals surface area (Å²) in [6.07, 6.45) is 1.48. The fourth-order valence-corrected chi connectivity index (χ4v) is 1.89. The lowest BCUT2D eigenvalue weighted by Gasteiger charge is -2.32. The zero-order valence-electron chi connectivity index (χ0n) is 10.5. The number of hydrogen-bond donors (Lipinski definition) is 0. The first-order chi connectivity index (χ1) is 9.11. The van der Waals surface area contributed by atoms with Crippen LogP contribution in [0.15, 0.2) is 29.3 Å². The van der Waals surface area contributed by atoms with Gasteiger partial charge in [-0.3, -0.25) is 14.5 Å². The highest BCUT2D eigenvalue weighted by molar-refractivity contribution is 6.02. The Morgan fingerprint density at radius 3 is 2.58 bits per heavy atom. The Kier molecular flexibility index (Phi) is 3.73. The molecule has 0 saturated carbocycles. The standard InChI is InChI=1S/C13H13N3O3/c1-15-12(18)7-16(8-13(15)19)11-4-2-3-10(5-11)6-14-9-17/h2-5H,6-8H2,1H3. The van der Waals surface area contributed by atoms with E-state index < -0.39 is 0 Å². The summed E-state index contributed by atoms with van der Waals surface area (Å²) in [5.74, 6) is -0.458. The molecular weight excluding hydrogens is 246 g/mol. The molecule has 0 aromatic heterocycles. The van der Waals surface area contributed by atoms with E-state index in [-0.39, 0.29) is 31.4 Å². The van der Waals surface area contributed by atoms with E-state index in [1.807, 2.05) is 18.2 Å². The summed E-state index contributed by atoms with van der Waals surface area (Å²) in [4.78, 5) is 39.7. The molecule has 1 heterocycles. The van der Waals surface area contributed by atoms with Crippen LogP contribution in [0.3, 0.4) is 0 Å². The Morgan fingerprint density at radius 2 is 1.95 bits per heavy atom. The summed E-state index contributed by atoms with van der Waals surface area (Å²) in [6.45, 7) is 0.582. The van der Waals surface area contributed by atoms with E-state index in [0.29, 0.717) is 0 Å². The quantitative estimate of drug-likeness (QED) is 0.445. The smallest absolute Gasteiger partial charge is 0.248 e. The van der Waals surface area contributed by atoms with Crippen molar-refractivity contribution in [2.24, 2.45) is 4.99 Å². The summed E-state index contributed by atoms with van der Waals surface area (Å²) >= 11 is 0.